The van der Waals surface area contributed by atoms with Crippen molar-refractivity contribution in [1.82, 2.24) is 15.0 Å². The minimum absolute atomic E-state index is 0. The molecule has 37 heavy (non-hydrogen) atoms. The Bertz CT molecular complexity index is 1330. The first-order chi connectivity index (χ1) is 17.2. The van der Waals surface area contributed by atoms with Gasteiger partial charge < -0.3 is 30.4 Å². The monoisotopic (exact) mass is 580 g/mol. The van der Waals surface area contributed by atoms with Crippen LogP contribution >= 0.6 is 34.7 Å². The Labute approximate surface area is 242 Å². The Morgan fingerprint density at radius 3 is 2.86 bits per heavy atom. The summed E-state index contributed by atoms with van der Waals surface area (Å²) in [5.74, 6) is -2.69. The zero-order valence-electron chi connectivity index (χ0n) is 18.8. The molecular weight excluding hydrogens is 566 g/mol. The SMILES string of the molecule is Nc1nc(/C(=N/O)C([O-])=N[C@@H]2C(=O)N3C(C(=O)O)=C(/C=C/c4cc(OCCF)no4)CS[C@H]23)c(Cl)s1.[Na+]. The summed E-state index contributed by atoms with van der Waals surface area (Å²) >= 11 is 7.99. The maximum atomic E-state index is 12.8. The van der Waals surface area contributed by atoms with E-state index in [-0.39, 0.29) is 74.4 Å². The van der Waals surface area contributed by atoms with Crippen molar-refractivity contribution in [3.8, 4) is 5.88 Å². The first-order valence-electron chi connectivity index (χ1n) is 9.89. The van der Waals surface area contributed by atoms with Crippen molar-refractivity contribution in [2.75, 3.05) is 24.8 Å². The zero-order valence-corrected chi connectivity index (χ0v) is 23.2. The van der Waals surface area contributed by atoms with Gasteiger partial charge in [-0.3, -0.25) is 14.7 Å². The number of carbonyl (C=O) groups is 2. The van der Waals surface area contributed by atoms with Gasteiger partial charge in [-0.15, -0.1) is 11.8 Å². The van der Waals surface area contributed by atoms with Crippen molar-refractivity contribution < 1.29 is 68.2 Å². The summed E-state index contributed by atoms with van der Waals surface area (Å²) in [7, 11) is 0. The van der Waals surface area contributed by atoms with Gasteiger partial charge in [-0.2, -0.15) is 0 Å². The number of β-lactam (4-membered cyclic amide) rings is 1. The predicted molar refractivity (Wildman–Crippen MR) is 126 cm³/mol. The van der Waals surface area contributed by atoms with Crippen LogP contribution in [0.5, 0.6) is 5.88 Å². The summed E-state index contributed by atoms with van der Waals surface area (Å²) in [5, 5.41) is 37.4. The number of hydrogen-bond donors (Lipinski definition) is 3. The maximum absolute atomic E-state index is 12.8. The zero-order chi connectivity index (χ0) is 26.0. The number of aromatic nitrogens is 2. The molecule has 0 radical (unpaired) electrons. The Hall–Kier alpha value is -2.63. The van der Waals surface area contributed by atoms with Crippen LogP contribution in [0.2, 0.25) is 4.34 Å². The van der Waals surface area contributed by atoms with Crippen LogP contribution in [0, 0.1) is 0 Å². The van der Waals surface area contributed by atoms with Crippen molar-refractivity contribution in [2.24, 2.45) is 10.1 Å². The second kappa shape index (κ2) is 12.3. The Balaban J connectivity index is 0.00000380. The molecule has 2 aromatic rings. The van der Waals surface area contributed by atoms with Crippen LogP contribution in [0.4, 0.5) is 9.52 Å². The topological polar surface area (TPSA) is 200 Å². The van der Waals surface area contributed by atoms with Crippen LogP contribution in [-0.2, 0) is 9.59 Å². The van der Waals surface area contributed by atoms with Gasteiger partial charge in [0.15, 0.2) is 16.9 Å². The number of ether oxygens (including phenoxy) is 1. The molecule has 0 aliphatic carbocycles. The third kappa shape index (κ3) is 5.94. The molecule has 4 rings (SSSR count). The first kappa shape index (κ1) is 28.9. The van der Waals surface area contributed by atoms with Gasteiger partial charge in [-0.05, 0) is 16.8 Å². The van der Waals surface area contributed by atoms with E-state index in [4.69, 9.17) is 26.6 Å². The Morgan fingerprint density at radius 1 is 1.49 bits per heavy atom. The van der Waals surface area contributed by atoms with E-state index in [1.807, 2.05) is 0 Å². The van der Waals surface area contributed by atoms with Gasteiger partial charge in [0.1, 0.15) is 40.1 Å². The molecule has 0 saturated carbocycles. The number of alkyl halides is 1. The van der Waals surface area contributed by atoms with E-state index in [1.165, 1.54) is 30.0 Å². The predicted octanol–water partition coefficient (Wildman–Crippen LogP) is -2.01. The molecule has 1 amide bonds. The minimum Gasteiger partial charge on any atom is -0.857 e. The molecule has 2 aliphatic rings. The summed E-state index contributed by atoms with van der Waals surface area (Å²) in [5.41, 5.74) is 4.78. The van der Waals surface area contributed by atoms with E-state index in [9.17, 15) is 29.4 Å². The van der Waals surface area contributed by atoms with Crippen molar-refractivity contribution in [2.45, 2.75) is 11.4 Å². The quantitative estimate of drug-likeness (QED) is 0.0739. The second-order valence-electron chi connectivity index (χ2n) is 7.03. The van der Waals surface area contributed by atoms with Crippen LogP contribution in [-0.4, -0.2) is 79.3 Å². The summed E-state index contributed by atoms with van der Waals surface area (Å²) < 4.78 is 22.2. The fourth-order valence-corrected chi connectivity index (χ4v) is 5.55. The fraction of sp³-hybridized carbons (Fsp3) is 0.263. The molecule has 13 nitrogen and oxygen atoms in total. The summed E-state index contributed by atoms with van der Waals surface area (Å²) in [6.45, 7) is -0.889. The molecule has 1 fully saturated rings. The number of carboxylic acids is 1. The molecule has 0 aromatic carbocycles. The average Bonchev–Trinajstić information content (AvgIpc) is 3.44. The van der Waals surface area contributed by atoms with E-state index in [1.54, 1.807) is 0 Å². The third-order valence-electron chi connectivity index (χ3n) is 4.84. The molecule has 2 aliphatic heterocycles. The van der Waals surface area contributed by atoms with Crippen molar-refractivity contribution >= 4 is 69.4 Å². The molecule has 1 saturated heterocycles. The van der Waals surface area contributed by atoms with Crippen molar-refractivity contribution in [1.29, 1.82) is 0 Å². The standard InChI is InChI=1S/C19H16ClFN6O7S2.Na/c20-14-10(24-19(22)36-14)11(25-32)15(28)23-12-16(29)27-13(18(30)31)7(6-35-17(12)27)1-2-8-5-9(26-34-8)33-4-3-21;/h1-2,5,12,17,32H,3-4,6H2,(H2,22,24)(H,23,28)(H,30,31);/q;+1/p-1/b2-1+,25-11-;/t12-,17-;/m1./s1. The fourth-order valence-electron chi connectivity index (χ4n) is 3.32. The molecule has 4 N–H and O–H groups in total. The Kier molecular flexibility index (Phi) is 9.60. The van der Waals surface area contributed by atoms with Crippen LogP contribution in [0.15, 0.2) is 38.1 Å². The number of fused-ring (bicyclic) bond motifs is 1. The van der Waals surface area contributed by atoms with Gasteiger partial charge in [-0.1, -0.05) is 34.2 Å². The number of carboxylic acid groups (broad SMARTS) is 1. The van der Waals surface area contributed by atoms with E-state index >= 15 is 0 Å². The van der Waals surface area contributed by atoms with Crippen LogP contribution in [0.25, 0.3) is 6.08 Å². The third-order valence-corrected chi connectivity index (χ3v) is 7.21. The van der Waals surface area contributed by atoms with Crippen molar-refractivity contribution in [3.05, 3.63) is 39.2 Å². The molecular formula is C19H15ClFN6NaO7S2. The van der Waals surface area contributed by atoms with Crippen LogP contribution in [0.1, 0.15) is 11.5 Å². The van der Waals surface area contributed by atoms with Crippen molar-refractivity contribution in [3.63, 3.8) is 0 Å². The number of hydrogen-bond acceptors (Lipinski definition) is 13. The number of carbonyl (C=O) groups excluding carboxylic acids is 1. The number of rotatable bonds is 9. The number of amides is 1. The van der Waals surface area contributed by atoms with E-state index in [0.29, 0.717) is 5.57 Å². The van der Waals surface area contributed by atoms with E-state index in [2.05, 4.69) is 20.3 Å². The van der Waals surface area contributed by atoms with Gasteiger partial charge in [0.2, 0.25) is 0 Å². The summed E-state index contributed by atoms with van der Waals surface area (Å²) in [6, 6.07) is 0.183. The van der Waals surface area contributed by atoms with Gasteiger partial charge in [0, 0.05) is 17.7 Å². The number of nitrogen functional groups attached to an aromatic ring is 1. The van der Waals surface area contributed by atoms with E-state index < -0.39 is 41.6 Å². The number of nitrogens with zero attached hydrogens (tertiary/aromatic N) is 5. The van der Waals surface area contributed by atoms with Crippen LogP contribution in [0.3, 0.4) is 0 Å². The number of allylic oxidation sites excluding steroid dienone is 1. The number of thioether (sulfide) groups is 1. The molecule has 2 aromatic heterocycles. The largest absolute Gasteiger partial charge is 1.00 e. The number of oxime groups is 1. The smallest absolute Gasteiger partial charge is 0.857 e. The normalized spacial score (nSPS) is 20.1. The first-order valence-corrected chi connectivity index (χ1v) is 12.1. The van der Waals surface area contributed by atoms with Gasteiger partial charge in [0.25, 0.3) is 11.8 Å². The molecule has 190 valence electrons. The molecule has 18 heteroatoms. The van der Waals surface area contributed by atoms with E-state index in [0.717, 1.165) is 16.2 Å². The number of halogens is 2. The second-order valence-corrected chi connectivity index (χ2v) is 9.77. The number of aliphatic carboxylic acids is 1. The number of anilines is 1. The van der Waals surface area contributed by atoms with Gasteiger partial charge in [-0.25, -0.2) is 14.2 Å². The maximum Gasteiger partial charge on any atom is 1.00 e. The van der Waals surface area contributed by atoms with Crippen LogP contribution < -0.4 is 45.1 Å². The molecule has 0 bridgehead atoms. The molecule has 2 atom stereocenters. The summed E-state index contributed by atoms with van der Waals surface area (Å²) in [6.07, 6.45) is 2.87. The Morgan fingerprint density at radius 2 is 2.24 bits per heavy atom. The summed E-state index contributed by atoms with van der Waals surface area (Å²) in [4.78, 5) is 33.4. The number of aliphatic imine (C=N–C) groups is 1. The minimum atomic E-state index is -1.36. The number of nitrogens with two attached hydrogens (primary N) is 1. The molecule has 0 spiro atoms. The number of thiazole rings is 1. The van der Waals surface area contributed by atoms with Gasteiger partial charge >= 0.3 is 35.5 Å². The average molecular weight is 581 g/mol. The molecule has 4 heterocycles. The van der Waals surface area contributed by atoms with Gasteiger partial charge in [0.05, 0.1) is 0 Å². The molecule has 0 unspecified atom stereocenters.